The third-order valence-corrected chi connectivity index (χ3v) is 3.34. The molecule has 0 aliphatic heterocycles. The molecular weight excluding hydrogens is 254 g/mol. The summed E-state index contributed by atoms with van der Waals surface area (Å²) in [6, 6.07) is 1.85. The maximum absolute atomic E-state index is 11.9. The van der Waals surface area contributed by atoms with Crippen molar-refractivity contribution in [3.05, 3.63) is 21.9 Å². The topological polar surface area (TPSA) is 75.6 Å². The summed E-state index contributed by atoms with van der Waals surface area (Å²) in [7, 11) is 1.58. The van der Waals surface area contributed by atoms with Gasteiger partial charge in [0.25, 0.3) is 5.91 Å². The van der Waals surface area contributed by atoms with Crippen molar-refractivity contribution in [1.29, 1.82) is 0 Å². The van der Waals surface area contributed by atoms with Gasteiger partial charge in [0, 0.05) is 25.6 Å². The first-order valence-corrected chi connectivity index (χ1v) is 6.47. The lowest BCUT2D eigenvalue weighted by Crippen LogP contribution is -2.29. The lowest BCUT2D eigenvalue weighted by atomic mass is 10.1. The smallest absolute Gasteiger partial charge is 0.303 e. The van der Waals surface area contributed by atoms with Gasteiger partial charge in [0.15, 0.2) is 0 Å². The maximum Gasteiger partial charge on any atom is 0.303 e. The summed E-state index contributed by atoms with van der Waals surface area (Å²) in [4.78, 5) is 23.0. The van der Waals surface area contributed by atoms with Crippen LogP contribution in [0.5, 0.6) is 0 Å². The van der Waals surface area contributed by atoms with Crippen LogP contribution in [0.15, 0.2) is 11.4 Å². The quantitative estimate of drug-likeness (QED) is 0.792. The first kappa shape index (κ1) is 14.7. The molecule has 6 heteroatoms. The van der Waals surface area contributed by atoms with E-state index in [1.54, 1.807) is 14.0 Å². The van der Waals surface area contributed by atoms with Crippen LogP contribution >= 0.6 is 11.3 Å². The van der Waals surface area contributed by atoms with Gasteiger partial charge >= 0.3 is 5.97 Å². The van der Waals surface area contributed by atoms with E-state index in [-0.39, 0.29) is 18.2 Å². The second kappa shape index (κ2) is 7.13. The molecule has 0 saturated carbocycles. The molecule has 100 valence electrons. The highest BCUT2D eigenvalue weighted by molar-refractivity contribution is 7.12. The van der Waals surface area contributed by atoms with E-state index >= 15 is 0 Å². The number of carboxylic acids is 1. The van der Waals surface area contributed by atoms with Gasteiger partial charge in [0.1, 0.15) is 0 Å². The summed E-state index contributed by atoms with van der Waals surface area (Å²) >= 11 is 1.35. The number of hydrogen-bond acceptors (Lipinski definition) is 4. The standard InChI is InChI=1S/C12H17NO4S/c1-8(5-10(14)15)6-13-12(16)11-9(7-17-2)3-4-18-11/h3-4,8H,5-7H2,1-2H3,(H,13,16)(H,14,15). The highest BCUT2D eigenvalue weighted by Crippen LogP contribution is 2.17. The SMILES string of the molecule is COCc1ccsc1C(=O)NCC(C)CC(=O)O. The maximum atomic E-state index is 11.9. The normalized spacial score (nSPS) is 12.1. The van der Waals surface area contributed by atoms with Gasteiger partial charge in [-0.25, -0.2) is 0 Å². The van der Waals surface area contributed by atoms with E-state index in [9.17, 15) is 9.59 Å². The summed E-state index contributed by atoms with van der Waals surface area (Å²) in [6.45, 7) is 2.55. The van der Waals surface area contributed by atoms with Crippen molar-refractivity contribution in [3.8, 4) is 0 Å². The van der Waals surface area contributed by atoms with Crippen molar-refractivity contribution >= 4 is 23.2 Å². The molecular formula is C12H17NO4S. The molecule has 18 heavy (non-hydrogen) atoms. The Morgan fingerprint density at radius 1 is 1.56 bits per heavy atom. The fraction of sp³-hybridized carbons (Fsp3) is 0.500. The number of ether oxygens (including phenoxy) is 1. The van der Waals surface area contributed by atoms with Crippen molar-refractivity contribution in [2.45, 2.75) is 20.0 Å². The van der Waals surface area contributed by atoms with Crippen molar-refractivity contribution in [1.82, 2.24) is 5.32 Å². The molecule has 1 heterocycles. The van der Waals surface area contributed by atoms with E-state index in [1.807, 2.05) is 11.4 Å². The highest BCUT2D eigenvalue weighted by atomic mass is 32.1. The molecule has 0 radical (unpaired) electrons. The molecule has 1 amide bonds. The molecule has 0 aliphatic rings. The van der Waals surface area contributed by atoms with E-state index in [1.165, 1.54) is 11.3 Å². The molecule has 2 N–H and O–H groups in total. The minimum absolute atomic E-state index is 0.0512. The molecule has 5 nitrogen and oxygen atoms in total. The molecule has 0 bridgehead atoms. The van der Waals surface area contributed by atoms with E-state index in [4.69, 9.17) is 9.84 Å². The molecule has 0 fully saturated rings. The van der Waals surface area contributed by atoms with Crippen molar-refractivity contribution < 1.29 is 19.4 Å². The van der Waals surface area contributed by atoms with Crippen LogP contribution < -0.4 is 5.32 Å². The molecule has 1 atom stereocenters. The van der Waals surface area contributed by atoms with Gasteiger partial charge in [0.2, 0.25) is 0 Å². The number of thiophene rings is 1. The lowest BCUT2D eigenvalue weighted by molar-refractivity contribution is -0.137. The van der Waals surface area contributed by atoms with Crippen LogP contribution in [0, 0.1) is 5.92 Å². The number of carboxylic acid groups (broad SMARTS) is 1. The Hall–Kier alpha value is -1.40. The molecule has 1 unspecified atom stereocenters. The Morgan fingerprint density at radius 3 is 2.89 bits per heavy atom. The number of amides is 1. The first-order valence-electron chi connectivity index (χ1n) is 5.60. The molecule has 0 saturated heterocycles. The lowest BCUT2D eigenvalue weighted by Gasteiger charge is -2.10. The second-order valence-corrected chi connectivity index (χ2v) is 5.04. The Balaban J connectivity index is 2.49. The van der Waals surface area contributed by atoms with Crippen LogP contribution in [0.25, 0.3) is 0 Å². The van der Waals surface area contributed by atoms with Gasteiger partial charge in [-0.3, -0.25) is 9.59 Å². The number of carbonyl (C=O) groups is 2. The Kier molecular flexibility index (Phi) is 5.80. The first-order chi connectivity index (χ1) is 8.54. The molecule has 0 spiro atoms. The number of hydrogen-bond donors (Lipinski definition) is 2. The summed E-state index contributed by atoms with van der Waals surface area (Å²) in [5.41, 5.74) is 0.853. The number of methoxy groups -OCH3 is 1. The number of carbonyl (C=O) groups excluding carboxylic acids is 1. The van der Waals surface area contributed by atoms with Gasteiger partial charge in [-0.1, -0.05) is 6.92 Å². The average Bonchev–Trinajstić information content (AvgIpc) is 2.74. The fourth-order valence-electron chi connectivity index (χ4n) is 1.52. The van der Waals surface area contributed by atoms with Crippen LogP contribution in [0.1, 0.15) is 28.6 Å². The number of rotatable bonds is 7. The van der Waals surface area contributed by atoms with Crippen LogP contribution in [-0.2, 0) is 16.1 Å². The van der Waals surface area contributed by atoms with Crippen LogP contribution in [-0.4, -0.2) is 30.6 Å². The highest BCUT2D eigenvalue weighted by Gasteiger charge is 2.14. The largest absolute Gasteiger partial charge is 0.481 e. The zero-order valence-electron chi connectivity index (χ0n) is 10.4. The number of aliphatic carboxylic acids is 1. The Morgan fingerprint density at radius 2 is 2.28 bits per heavy atom. The minimum atomic E-state index is -0.854. The van der Waals surface area contributed by atoms with Gasteiger partial charge < -0.3 is 15.2 Å². The average molecular weight is 271 g/mol. The van der Waals surface area contributed by atoms with Gasteiger partial charge in [0.05, 0.1) is 11.5 Å². The third kappa shape index (κ3) is 4.46. The van der Waals surface area contributed by atoms with Crippen molar-refractivity contribution in [2.24, 2.45) is 5.92 Å². The zero-order valence-corrected chi connectivity index (χ0v) is 11.3. The van der Waals surface area contributed by atoms with Crippen molar-refractivity contribution in [2.75, 3.05) is 13.7 Å². The monoisotopic (exact) mass is 271 g/mol. The van der Waals surface area contributed by atoms with E-state index < -0.39 is 5.97 Å². The van der Waals surface area contributed by atoms with Gasteiger partial charge in [-0.15, -0.1) is 11.3 Å². The summed E-state index contributed by atoms with van der Waals surface area (Å²) in [5.74, 6) is -1.11. The second-order valence-electron chi connectivity index (χ2n) is 4.12. The zero-order chi connectivity index (χ0) is 13.5. The summed E-state index contributed by atoms with van der Waals surface area (Å²) in [6.07, 6.45) is 0.0512. The van der Waals surface area contributed by atoms with Crippen LogP contribution in [0.2, 0.25) is 0 Å². The van der Waals surface area contributed by atoms with Gasteiger partial charge in [-0.2, -0.15) is 0 Å². The third-order valence-electron chi connectivity index (χ3n) is 2.39. The summed E-state index contributed by atoms with van der Waals surface area (Å²) in [5, 5.41) is 13.2. The molecule has 1 aromatic heterocycles. The molecule has 1 rings (SSSR count). The Labute approximate surface area is 110 Å². The fourth-order valence-corrected chi connectivity index (χ4v) is 2.35. The van der Waals surface area contributed by atoms with Gasteiger partial charge in [-0.05, 0) is 17.4 Å². The van der Waals surface area contributed by atoms with E-state index in [0.29, 0.717) is 18.0 Å². The Bertz CT molecular complexity index is 416. The summed E-state index contributed by atoms with van der Waals surface area (Å²) < 4.78 is 5.00. The van der Waals surface area contributed by atoms with Crippen LogP contribution in [0.3, 0.4) is 0 Å². The predicted octanol–water partition coefficient (Wildman–Crippen LogP) is 1.74. The van der Waals surface area contributed by atoms with Crippen LogP contribution in [0.4, 0.5) is 0 Å². The predicted molar refractivity (Wildman–Crippen MR) is 68.8 cm³/mol. The molecule has 1 aromatic rings. The van der Waals surface area contributed by atoms with Crippen molar-refractivity contribution in [3.63, 3.8) is 0 Å². The molecule has 0 aromatic carbocycles. The van der Waals surface area contributed by atoms with E-state index in [0.717, 1.165) is 5.56 Å². The minimum Gasteiger partial charge on any atom is -0.481 e. The van der Waals surface area contributed by atoms with E-state index in [2.05, 4.69) is 5.32 Å². The number of nitrogens with one attached hydrogen (secondary N) is 1. The molecule has 0 aliphatic carbocycles.